The van der Waals surface area contributed by atoms with Crippen molar-refractivity contribution in [3.8, 4) is 0 Å². The smallest absolute Gasteiger partial charge is 0.234 e. The molecular weight excluding hydrogens is 414 g/mol. The molecule has 1 aliphatic carbocycles. The lowest BCUT2D eigenvalue weighted by atomic mass is 10.2. The van der Waals surface area contributed by atoms with Crippen LogP contribution >= 0.6 is 37.2 Å². The average molecular weight is 444 g/mol. The number of nitrogens with zero attached hydrogens (tertiary/aromatic N) is 2. The highest BCUT2D eigenvalue weighted by molar-refractivity contribution is 5.86. The minimum Gasteiger partial charge on any atom is -0.369 e. The van der Waals surface area contributed by atoms with Gasteiger partial charge < -0.3 is 15.5 Å². The molecule has 1 aliphatic heterocycles. The molecule has 2 N–H and O–H groups in total. The Morgan fingerprint density at radius 2 is 1.67 bits per heavy atom. The van der Waals surface area contributed by atoms with Gasteiger partial charge in [0.1, 0.15) is 5.82 Å². The molecule has 9 heteroatoms. The van der Waals surface area contributed by atoms with E-state index in [0.717, 1.165) is 50.9 Å². The molecule has 1 saturated carbocycles. The normalized spacial score (nSPS) is 16.6. The fourth-order valence-electron chi connectivity index (χ4n) is 3.01. The zero-order valence-electron chi connectivity index (χ0n) is 15.4. The molecule has 1 amide bonds. The van der Waals surface area contributed by atoms with Crippen molar-refractivity contribution >= 4 is 48.8 Å². The number of hydrogen-bond donors (Lipinski definition) is 2. The SMILES string of the molecule is Cl.Cl.Cl.O=C(CNCC1CC1)NCCN1CCN(c2ccc(F)cc2)CC1. The lowest BCUT2D eigenvalue weighted by Crippen LogP contribution is -2.49. The van der Waals surface area contributed by atoms with E-state index in [4.69, 9.17) is 0 Å². The molecule has 1 aromatic carbocycles. The second kappa shape index (κ2) is 13.4. The topological polar surface area (TPSA) is 47.6 Å². The van der Waals surface area contributed by atoms with Crippen molar-refractivity contribution in [1.82, 2.24) is 15.5 Å². The van der Waals surface area contributed by atoms with Gasteiger partial charge in [0.2, 0.25) is 5.91 Å². The Morgan fingerprint density at radius 3 is 2.26 bits per heavy atom. The van der Waals surface area contributed by atoms with Gasteiger partial charge in [-0.05, 0) is 49.6 Å². The lowest BCUT2D eigenvalue weighted by Gasteiger charge is -2.36. The number of amides is 1. The number of rotatable bonds is 8. The summed E-state index contributed by atoms with van der Waals surface area (Å²) in [6.45, 7) is 6.77. The number of carbonyl (C=O) groups is 1. The minimum absolute atomic E-state index is 0. The van der Waals surface area contributed by atoms with Crippen molar-refractivity contribution in [2.75, 3.05) is 57.3 Å². The summed E-state index contributed by atoms with van der Waals surface area (Å²) in [5, 5.41) is 6.18. The first-order valence-electron chi connectivity index (χ1n) is 8.91. The van der Waals surface area contributed by atoms with Crippen molar-refractivity contribution in [3.05, 3.63) is 30.1 Å². The number of benzene rings is 1. The number of nitrogens with one attached hydrogen (secondary N) is 2. The Bertz CT molecular complexity index is 538. The Kier molecular flexibility index (Phi) is 13.0. The van der Waals surface area contributed by atoms with Gasteiger partial charge in [-0.15, -0.1) is 37.2 Å². The largest absolute Gasteiger partial charge is 0.369 e. The molecule has 3 rings (SSSR count). The summed E-state index contributed by atoms with van der Waals surface area (Å²) in [5.74, 6) is 0.690. The van der Waals surface area contributed by atoms with E-state index in [1.54, 1.807) is 0 Å². The van der Waals surface area contributed by atoms with E-state index >= 15 is 0 Å². The van der Waals surface area contributed by atoms with E-state index in [2.05, 4.69) is 20.4 Å². The van der Waals surface area contributed by atoms with Crippen LogP contribution in [-0.4, -0.2) is 63.2 Å². The minimum atomic E-state index is -0.195. The molecule has 5 nitrogen and oxygen atoms in total. The van der Waals surface area contributed by atoms with E-state index in [9.17, 15) is 9.18 Å². The molecule has 1 aromatic rings. The van der Waals surface area contributed by atoms with Gasteiger partial charge >= 0.3 is 0 Å². The maximum Gasteiger partial charge on any atom is 0.234 e. The van der Waals surface area contributed by atoms with Crippen LogP contribution in [0.2, 0.25) is 0 Å². The van der Waals surface area contributed by atoms with Crippen LogP contribution in [0.1, 0.15) is 12.8 Å². The quantitative estimate of drug-likeness (QED) is 0.647. The Hall–Kier alpha value is -0.790. The van der Waals surface area contributed by atoms with Crippen LogP contribution in [0.25, 0.3) is 0 Å². The van der Waals surface area contributed by atoms with Gasteiger partial charge in [-0.1, -0.05) is 0 Å². The first-order valence-corrected chi connectivity index (χ1v) is 8.91. The third-order valence-electron chi connectivity index (χ3n) is 4.73. The van der Waals surface area contributed by atoms with Crippen molar-refractivity contribution in [3.63, 3.8) is 0 Å². The number of hydrogen-bond acceptors (Lipinski definition) is 4. The molecule has 0 spiro atoms. The second-order valence-electron chi connectivity index (χ2n) is 6.73. The predicted molar refractivity (Wildman–Crippen MR) is 115 cm³/mol. The standard InChI is InChI=1S/C18H27FN4O.3ClH/c19-16-3-5-17(6-4-16)23-11-9-22(10-12-23)8-7-21-18(24)14-20-13-15-1-2-15;;;/h3-6,15,20H,1-2,7-14H2,(H,21,24);3*1H. The molecule has 156 valence electrons. The number of carbonyl (C=O) groups excluding carboxylic acids is 1. The predicted octanol–water partition coefficient (Wildman–Crippen LogP) is 2.33. The highest BCUT2D eigenvalue weighted by atomic mass is 35.5. The Balaban J connectivity index is 0.00000225. The third-order valence-corrected chi connectivity index (χ3v) is 4.73. The number of piperazine rings is 1. The molecule has 0 radical (unpaired) electrons. The number of anilines is 1. The zero-order valence-corrected chi connectivity index (χ0v) is 17.8. The first-order chi connectivity index (χ1) is 11.7. The summed E-state index contributed by atoms with van der Waals surface area (Å²) in [4.78, 5) is 16.4. The lowest BCUT2D eigenvalue weighted by molar-refractivity contribution is -0.120. The van der Waals surface area contributed by atoms with Gasteiger partial charge in [0, 0.05) is 45.0 Å². The molecular formula is C18H30Cl3FN4O. The molecule has 27 heavy (non-hydrogen) atoms. The van der Waals surface area contributed by atoms with E-state index in [0.29, 0.717) is 13.1 Å². The maximum absolute atomic E-state index is 13.0. The van der Waals surface area contributed by atoms with E-state index in [1.807, 2.05) is 12.1 Å². The highest BCUT2D eigenvalue weighted by Gasteiger charge is 2.20. The second-order valence-corrected chi connectivity index (χ2v) is 6.73. The van der Waals surface area contributed by atoms with Crippen LogP contribution in [0.15, 0.2) is 24.3 Å². The van der Waals surface area contributed by atoms with Crippen molar-refractivity contribution in [1.29, 1.82) is 0 Å². The molecule has 2 fully saturated rings. The van der Waals surface area contributed by atoms with Crippen molar-refractivity contribution < 1.29 is 9.18 Å². The van der Waals surface area contributed by atoms with Gasteiger partial charge in [0.05, 0.1) is 6.54 Å². The van der Waals surface area contributed by atoms with Crippen LogP contribution in [0, 0.1) is 11.7 Å². The van der Waals surface area contributed by atoms with Gasteiger partial charge in [-0.2, -0.15) is 0 Å². The molecule has 2 aliphatic rings. The highest BCUT2D eigenvalue weighted by Crippen LogP contribution is 2.27. The van der Waals surface area contributed by atoms with Crippen LogP contribution < -0.4 is 15.5 Å². The van der Waals surface area contributed by atoms with E-state index in [-0.39, 0.29) is 48.9 Å². The summed E-state index contributed by atoms with van der Waals surface area (Å²) < 4.78 is 13.0. The fraction of sp³-hybridized carbons (Fsp3) is 0.611. The van der Waals surface area contributed by atoms with Crippen molar-refractivity contribution in [2.45, 2.75) is 12.8 Å². The van der Waals surface area contributed by atoms with Crippen LogP contribution in [0.3, 0.4) is 0 Å². The molecule has 0 atom stereocenters. The Labute approximate surface area is 179 Å². The van der Waals surface area contributed by atoms with Crippen molar-refractivity contribution in [2.24, 2.45) is 5.92 Å². The van der Waals surface area contributed by atoms with E-state index in [1.165, 1.54) is 25.0 Å². The molecule has 0 unspecified atom stereocenters. The summed E-state index contributed by atoms with van der Waals surface area (Å²) >= 11 is 0. The zero-order chi connectivity index (χ0) is 16.8. The van der Waals surface area contributed by atoms with Gasteiger partial charge in [-0.25, -0.2) is 4.39 Å². The first kappa shape index (κ1) is 26.2. The monoisotopic (exact) mass is 442 g/mol. The molecule has 0 aromatic heterocycles. The van der Waals surface area contributed by atoms with Gasteiger partial charge in [0.25, 0.3) is 0 Å². The molecule has 1 heterocycles. The van der Waals surface area contributed by atoms with E-state index < -0.39 is 0 Å². The van der Waals surface area contributed by atoms with Crippen LogP contribution in [0.5, 0.6) is 0 Å². The maximum atomic E-state index is 13.0. The Morgan fingerprint density at radius 1 is 1.04 bits per heavy atom. The third kappa shape index (κ3) is 9.30. The van der Waals surface area contributed by atoms with Gasteiger partial charge in [0.15, 0.2) is 0 Å². The number of halogens is 4. The summed E-state index contributed by atoms with van der Waals surface area (Å²) in [5.41, 5.74) is 1.08. The fourth-order valence-corrected chi connectivity index (χ4v) is 3.01. The van der Waals surface area contributed by atoms with Gasteiger partial charge in [-0.3, -0.25) is 9.69 Å². The summed E-state index contributed by atoms with van der Waals surface area (Å²) in [6, 6.07) is 6.68. The summed E-state index contributed by atoms with van der Waals surface area (Å²) in [7, 11) is 0. The molecule has 0 bridgehead atoms. The summed E-state index contributed by atoms with van der Waals surface area (Å²) in [6.07, 6.45) is 2.61. The van der Waals surface area contributed by atoms with Crippen LogP contribution in [-0.2, 0) is 4.79 Å². The van der Waals surface area contributed by atoms with Crippen LogP contribution in [0.4, 0.5) is 10.1 Å². The average Bonchev–Trinajstić information content (AvgIpc) is 3.41. The molecule has 1 saturated heterocycles.